The minimum atomic E-state index is 0.108. The highest BCUT2D eigenvalue weighted by atomic mass is 16.2. The van der Waals surface area contributed by atoms with Gasteiger partial charge >= 0.3 is 0 Å². The molecule has 206 valence electrons. The molecule has 5 atom stereocenters. The highest BCUT2D eigenvalue weighted by Crippen LogP contribution is 2.36. The lowest BCUT2D eigenvalue weighted by atomic mass is 9.77. The Morgan fingerprint density at radius 3 is 2.62 bits per heavy atom. The maximum absolute atomic E-state index is 13.5. The van der Waals surface area contributed by atoms with E-state index in [1.54, 1.807) is 0 Å². The Balaban J connectivity index is 1.43. The third-order valence-corrected chi connectivity index (χ3v) is 8.83. The first-order chi connectivity index (χ1) is 17.6. The van der Waals surface area contributed by atoms with Gasteiger partial charge in [-0.1, -0.05) is 20.8 Å². The third kappa shape index (κ3) is 6.94. The van der Waals surface area contributed by atoms with E-state index < -0.39 is 0 Å². The Hall–Kier alpha value is -2.38. The molecule has 1 N–H and O–H groups in total. The molecular formula is C29H47N5O3. The zero-order valence-corrected chi connectivity index (χ0v) is 23.5. The van der Waals surface area contributed by atoms with E-state index in [-0.39, 0.29) is 35.7 Å². The second kappa shape index (κ2) is 12.0. The largest absolute Gasteiger partial charge is 0.353 e. The maximum Gasteiger partial charge on any atom is 0.224 e. The first kappa shape index (κ1) is 27.6. The van der Waals surface area contributed by atoms with Crippen molar-refractivity contribution in [3.63, 3.8) is 0 Å². The summed E-state index contributed by atoms with van der Waals surface area (Å²) in [4.78, 5) is 43.7. The number of nitrogens with zero attached hydrogens (tertiary/aromatic N) is 4. The molecule has 3 fully saturated rings. The molecule has 0 aliphatic carbocycles. The van der Waals surface area contributed by atoms with Crippen LogP contribution in [-0.2, 0) is 20.9 Å². The molecule has 0 saturated carbocycles. The number of carbonyl (C=O) groups excluding carboxylic acids is 3. The molecule has 8 nitrogen and oxygen atoms in total. The van der Waals surface area contributed by atoms with Gasteiger partial charge in [-0.05, 0) is 75.7 Å². The zero-order chi connectivity index (χ0) is 26.7. The van der Waals surface area contributed by atoms with Crippen LogP contribution in [0.2, 0.25) is 0 Å². The molecule has 3 saturated heterocycles. The molecule has 3 aliphatic rings. The van der Waals surface area contributed by atoms with Crippen LogP contribution in [0.15, 0.2) is 6.07 Å². The Kier molecular flexibility index (Phi) is 8.96. The summed E-state index contributed by atoms with van der Waals surface area (Å²) in [5.74, 6) is 1.85. The van der Waals surface area contributed by atoms with Gasteiger partial charge in [-0.15, -0.1) is 0 Å². The van der Waals surface area contributed by atoms with E-state index in [9.17, 15) is 14.4 Å². The molecule has 0 aromatic carbocycles. The van der Waals surface area contributed by atoms with Crippen LogP contribution >= 0.6 is 0 Å². The van der Waals surface area contributed by atoms with Crippen LogP contribution in [0.3, 0.4) is 0 Å². The zero-order valence-electron chi connectivity index (χ0n) is 23.5. The molecule has 37 heavy (non-hydrogen) atoms. The van der Waals surface area contributed by atoms with Gasteiger partial charge in [0, 0.05) is 63.2 Å². The number of carbonyl (C=O) groups is 3. The van der Waals surface area contributed by atoms with Crippen molar-refractivity contribution in [1.29, 1.82) is 0 Å². The van der Waals surface area contributed by atoms with Crippen LogP contribution in [-0.4, -0.2) is 69.0 Å². The number of rotatable bonds is 4. The molecule has 4 heterocycles. The van der Waals surface area contributed by atoms with Crippen LogP contribution in [0, 0.1) is 37.5 Å². The minimum Gasteiger partial charge on any atom is -0.353 e. The summed E-state index contributed by atoms with van der Waals surface area (Å²) in [6, 6.07) is 2.32. The van der Waals surface area contributed by atoms with Gasteiger partial charge in [0.05, 0.1) is 5.69 Å². The van der Waals surface area contributed by atoms with Crippen LogP contribution in [0.25, 0.3) is 0 Å². The normalized spacial score (nSPS) is 29.7. The summed E-state index contributed by atoms with van der Waals surface area (Å²) in [5.41, 5.74) is 2.06. The van der Waals surface area contributed by atoms with Crippen molar-refractivity contribution in [2.24, 2.45) is 23.7 Å². The van der Waals surface area contributed by atoms with E-state index in [0.29, 0.717) is 50.1 Å². The lowest BCUT2D eigenvalue weighted by Gasteiger charge is -2.51. The first-order valence-corrected chi connectivity index (χ1v) is 14.5. The van der Waals surface area contributed by atoms with Crippen molar-refractivity contribution in [1.82, 2.24) is 24.9 Å². The maximum atomic E-state index is 13.5. The van der Waals surface area contributed by atoms with E-state index in [2.05, 4.69) is 36.1 Å². The summed E-state index contributed by atoms with van der Waals surface area (Å²) in [5, 5.41) is 7.76. The third-order valence-electron chi connectivity index (χ3n) is 8.83. The lowest BCUT2D eigenvalue weighted by molar-refractivity contribution is -0.146. The Morgan fingerprint density at radius 2 is 1.92 bits per heavy atom. The molecule has 3 aliphatic heterocycles. The number of aromatic nitrogens is 2. The van der Waals surface area contributed by atoms with E-state index >= 15 is 0 Å². The van der Waals surface area contributed by atoms with Crippen molar-refractivity contribution < 1.29 is 14.4 Å². The van der Waals surface area contributed by atoms with Crippen LogP contribution in [0.4, 0.5) is 0 Å². The number of likely N-dealkylation sites (tertiary alicyclic amines) is 1. The van der Waals surface area contributed by atoms with Crippen molar-refractivity contribution in [3.05, 3.63) is 17.5 Å². The van der Waals surface area contributed by atoms with Gasteiger partial charge in [-0.25, -0.2) is 0 Å². The van der Waals surface area contributed by atoms with Gasteiger partial charge in [-0.3, -0.25) is 19.1 Å². The Morgan fingerprint density at radius 1 is 1.14 bits per heavy atom. The van der Waals surface area contributed by atoms with Crippen molar-refractivity contribution in [2.75, 3.05) is 19.6 Å². The molecule has 0 spiro atoms. The number of nitrogens with one attached hydrogen (secondary N) is 1. The average Bonchev–Trinajstić information content (AvgIpc) is 3.17. The quantitative estimate of drug-likeness (QED) is 0.665. The fourth-order valence-corrected chi connectivity index (χ4v) is 6.77. The van der Waals surface area contributed by atoms with Crippen molar-refractivity contribution in [3.8, 4) is 0 Å². The fourth-order valence-electron chi connectivity index (χ4n) is 6.77. The molecule has 0 unspecified atom stereocenters. The standard InChI is InChI=1S/C29H47N5O3/c1-19(2)25-10-9-20(3)13-29(37)33-17-23-15-24(26(33)7-6-8-27(35)30-25)18-32(16-23)28(36)11-12-34-22(5)14-21(4)31-34/h14,19-20,23-26H,6-13,15-18H2,1-5H3,(H,30,35)/t20-,23+,24-,25+,26+/m1/s1. The Bertz CT molecular complexity index is 973. The lowest BCUT2D eigenvalue weighted by Crippen LogP contribution is -2.60. The van der Waals surface area contributed by atoms with Crippen LogP contribution in [0.5, 0.6) is 0 Å². The molecule has 1 aromatic rings. The molecule has 3 amide bonds. The molecule has 2 bridgehead atoms. The van der Waals surface area contributed by atoms with E-state index in [0.717, 1.165) is 56.6 Å². The molecule has 1 aromatic heterocycles. The fraction of sp³-hybridized carbons (Fsp3) is 0.793. The highest BCUT2D eigenvalue weighted by Gasteiger charge is 2.43. The molecule has 8 heteroatoms. The second-order valence-corrected chi connectivity index (χ2v) is 12.4. The number of hydrogen-bond donors (Lipinski definition) is 1. The minimum absolute atomic E-state index is 0.108. The number of hydrogen-bond acceptors (Lipinski definition) is 4. The highest BCUT2D eigenvalue weighted by molar-refractivity contribution is 5.78. The smallest absolute Gasteiger partial charge is 0.224 e. The Labute approximate surface area is 222 Å². The van der Waals surface area contributed by atoms with Gasteiger partial charge in [0.15, 0.2) is 0 Å². The predicted octanol–water partition coefficient (Wildman–Crippen LogP) is 3.70. The first-order valence-electron chi connectivity index (χ1n) is 14.5. The predicted molar refractivity (Wildman–Crippen MR) is 144 cm³/mol. The van der Waals surface area contributed by atoms with E-state index in [1.807, 2.05) is 29.5 Å². The number of piperidine rings is 2. The van der Waals surface area contributed by atoms with Gasteiger partial charge in [0.25, 0.3) is 0 Å². The summed E-state index contributed by atoms with van der Waals surface area (Å²) < 4.78 is 1.92. The number of aryl methyl sites for hydroxylation is 3. The monoisotopic (exact) mass is 513 g/mol. The summed E-state index contributed by atoms with van der Waals surface area (Å²) in [6.45, 7) is 13.2. The van der Waals surface area contributed by atoms with E-state index in [4.69, 9.17) is 0 Å². The second-order valence-electron chi connectivity index (χ2n) is 12.4. The van der Waals surface area contributed by atoms with Gasteiger partial charge in [0.1, 0.15) is 0 Å². The van der Waals surface area contributed by atoms with Gasteiger partial charge < -0.3 is 15.1 Å². The number of amides is 3. The van der Waals surface area contributed by atoms with E-state index in [1.165, 1.54) is 0 Å². The van der Waals surface area contributed by atoms with Crippen LogP contribution < -0.4 is 5.32 Å². The number of fused-ring (bicyclic) bond motifs is 4. The van der Waals surface area contributed by atoms with Gasteiger partial charge in [-0.2, -0.15) is 5.10 Å². The SMILES string of the molecule is Cc1cc(C)n(CCC(=O)N2C[C@@H]3C[C@H](C2)[C@@H]2CCCC(=O)N[C@H](C(C)C)CC[C@@H](C)CC(=O)N2C3)n1. The van der Waals surface area contributed by atoms with Gasteiger partial charge in [0.2, 0.25) is 17.7 Å². The summed E-state index contributed by atoms with van der Waals surface area (Å²) in [6.07, 6.45) is 6.03. The average molecular weight is 514 g/mol. The molecule has 0 radical (unpaired) electrons. The van der Waals surface area contributed by atoms with Crippen LogP contribution in [0.1, 0.15) is 83.5 Å². The van der Waals surface area contributed by atoms with Crippen molar-refractivity contribution in [2.45, 2.75) is 105 Å². The van der Waals surface area contributed by atoms with Crippen molar-refractivity contribution >= 4 is 17.7 Å². The summed E-state index contributed by atoms with van der Waals surface area (Å²) >= 11 is 0. The molecular weight excluding hydrogens is 466 g/mol. The molecule has 4 rings (SSSR count). The summed E-state index contributed by atoms with van der Waals surface area (Å²) in [7, 11) is 0. The topological polar surface area (TPSA) is 87.5 Å².